The minimum Gasteiger partial charge on any atom is -0.497 e. The lowest BCUT2D eigenvalue weighted by Gasteiger charge is -2.28. The number of carbonyl (C=O) groups excluding carboxylic acids is 2. The number of hydrogen-bond donors (Lipinski definition) is 0. The highest BCUT2D eigenvalue weighted by Gasteiger charge is 2.35. The Balaban J connectivity index is 2.13. The molecule has 0 aromatic heterocycles. The molecule has 24 heavy (non-hydrogen) atoms. The molecule has 0 fully saturated rings. The first kappa shape index (κ1) is 15.9. The monoisotopic (exact) mass is 333 g/mol. The van der Waals surface area contributed by atoms with Crippen molar-refractivity contribution in [2.24, 2.45) is 0 Å². The van der Waals surface area contributed by atoms with Gasteiger partial charge < -0.3 is 9.47 Å². The Kier molecular flexibility index (Phi) is 3.92. The van der Waals surface area contributed by atoms with Gasteiger partial charge in [-0.3, -0.25) is 9.59 Å². The fraction of sp³-hybridized carbons (Fsp3) is 0.176. The number of hydrogen-bond acceptors (Lipinski definition) is 4. The highest BCUT2D eigenvalue weighted by atomic mass is 19.2. The average Bonchev–Trinajstić information content (AvgIpc) is 2.56. The lowest BCUT2D eigenvalue weighted by molar-refractivity contribution is -0.117. The summed E-state index contributed by atoms with van der Waals surface area (Å²) in [5, 5.41) is 0. The van der Waals surface area contributed by atoms with Crippen LogP contribution in [0.15, 0.2) is 30.3 Å². The van der Waals surface area contributed by atoms with Crippen LogP contribution in [0.4, 0.5) is 14.5 Å². The van der Waals surface area contributed by atoms with E-state index >= 15 is 0 Å². The topological polar surface area (TPSA) is 55.8 Å². The Bertz CT molecular complexity index is 851. The van der Waals surface area contributed by atoms with E-state index in [1.165, 1.54) is 26.4 Å². The van der Waals surface area contributed by atoms with Gasteiger partial charge in [0.25, 0.3) is 5.91 Å². The van der Waals surface area contributed by atoms with Crippen LogP contribution in [-0.4, -0.2) is 26.0 Å². The van der Waals surface area contributed by atoms with Crippen molar-refractivity contribution in [3.05, 3.63) is 53.1 Å². The van der Waals surface area contributed by atoms with Crippen molar-refractivity contribution in [3.8, 4) is 11.5 Å². The Morgan fingerprint density at radius 1 is 1.00 bits per heavy atom. The molecule has 1 aliphatic heterocycles. The van der Waals surface area contributed by atoms with Crippen LogP contribution in [0.25, 0.3) is 0 Å². The highest BCUT2D eigenvalue weighted by molar-refractivity contribution is 6.25. The summed E-state index contributed by atoms with van der Waals surface area (Å²) < 4.78 is 36.9. The van der Waals surface area contributed by atoms with Crippen LogP contribution in [0.5, 0.6) is 11.5 Å². The first-order chi connectivity index (χ1) is 11.5. The van der Waals surface area contributed by atoms with Crippen LogP contribution in [0, 0.1) is 11.6 Å². The lowest BCUT2D eigenvalue weighted by Crippen LogP contribution is -2.42. The number of methoxy groups -OCH3 is 2. The van der Waals surface area contributed by atoms with E-state index in [2.05, 4.69) is 0 Å². The van der Waals surface area contributed by atoms with Gasteiger partial charge in [-0.1, -0.05) is 0 Å². The number of carbonyl (C=O) groups is 2. The highest BCUT2D eigenvalue weighted by Crippen LogP contribution is 2.35. The maximum atomic E-state index is 13.5. The number of ether oxygens (including phenoxy) is 2. The molecule has 0 bridgehead atoms. The Morgan fingerprint density at radius 3 is 2.38 bits per heavy atom. The summed E-state index contributed by atoms with van der Waals surface area (Å²) >= 11 is 0. The van der Waals surface area contributed by atoms with Gasteiger partial charge in [0.05, 0.1) is 31.9 Å². The molecule has 0 saturated carbocycles. The Morgan fingerprint density at radius 2 is 1.75 bits per heavy atom. The van der Waals surface area contributed by atoms with Crippen molar-refractivity contribution >= 4 is 17.5 Å². The number of nitrogens with zero attached hydrogens (tertiary/aromatic N) is 1. The SMILES string of the molecule is COc1cc2c(c(OC)c1)C(=O)N(c1ccc(F)c(F)c1)C(=O)C2. The van der Waals surface area contributed by atoms with Crippen LogP contribution in [0.3, 0.4) is 0 Å². The van der Waals surface area contributed by atoms with Crippen LogP contribution in [0.2, 0.25) is 0 Å². The predicted molar refractivity (Wildman–Crippen MR) is 81.4 cm³/mol. The van der Waals surface area contributed by atoms with Crippen LogP contribution in [-0.2, 0) is 11.2 Å². The largest absolute Gasteiger partial charge is 0.497 e. The first-order valence-electron chi connectivity index (χ1n) is 7.03. The van der Waals surface area contributed by atoms with Gasteiger partial charge in [-0.25, -0.2) is 13.7 Å². The maximum Gasteiger partial charge on any atom is 0.269 e. The van der Waals surface area contributed by atoms with Gasteiger partial charge in [-0.2, -0.15) is 0 Å². The third-order valence-corrected chi connectivity index (χ3v) is 3.78. The van der Waals surface area contributed by atoms with E-state index in [-0.39, 0.29) is 23.4 Å². The number of imide groups is 1. The molecule has 0 unspecified atom stereocenters. The predicted octanol–water partition coefficient (Wildman–Crippen LogP) is 2.71. The summed E-state index contributed by atoms with van der Waals surface area (Å²) in [6.45, 7) is 0. The van der Waals surface area contributed by atoms with Crippen molar-refractivity contribution < 1.29 is 27.8 Å². The van der Waals surface area contributed by atoms with E-state index in [0.29, 0.717) is 11.3 Å². The van der Waals surface area contributed by atoms with Crippen molar-refractivity contribution in [1.82, 2.24) is 0 Å². The zero-order chi connectivity index (χ0) is 17.4. The molecule has 3 rings (SSSR count). The van der Waals surface area contributed by atoms with Gasteiger partial charge in [-0.15, -0.1) is 0 Å². The molecule has 1 aliphatic rings. The summed E-state index contributed by atoms with van der Waals surface area (Å²) in [5.74, 6) is -2.71. The third-order valence-electron chi connectivity index (χ3n) is 3.78. The zero-order valence-corrected chi connectivity index (χ0v) is 12.9. The Labute approximate surface area is 136 Å². The molecule has 0 aliphatic carbocycles. The van der Waals surface area contributed by atoms with Crippen molar-refractivity contribution in [2.75, 3.05) is 19.1 Å². The molecule has 5 nitrogen and oxygen atoms in total. The second-order valence-electron chi connectivity index (χ2n) is 5.17. The van der Waals surface area contributed by atoms with E-state index in [4.69, 9.17) is 9.47 Å². The molecule has 2 aromatic carbocycles. The molecule has 2 aromatic rings. The molecule has 124 valence electrons. The van der Waals surface area contributed by atoms with Gasteiger partial charge in [0, 0.05) is 12.1 Å². The van der Waals surface area contributed by atoms with Crippen molar-refractivity contribution in [2.45, 2.75) is 6.42 Å². The minimum absolute atomic E-state index is 0.0348. The molecule has 0 spiro atoms. The molecule has 0 saturated heterocycles. The molecule has 0 radical (unpaired) electrons. The van der Waals surface area contributed by atoms with E-state index in [1.807, 2.05) is 0 Å². The van der Waals surface area contributed by atoms with E-state index in [9.17, 15) is 18.4 Å². The van der Waals surface area contributed by atoms with E-state index in [1.54, 1.807) is 6.07 Å². The molecule has 1 heterocycles. The normalized spacial score (nSPS) is 13.8. The maximum absolute atomic E-state index is 13.5. The molecular formula is C17H13F2NO4. The van der Waals surface area contributed by atoms with Crippen LogP contribution >= 0.6 is 0 Å². The standard InChI is InChI=1S/C17H13F2NO4/c1-23-11-5-9-6-15(21)20(10-3-4-12(18)13(19)7-10)17(22)16(9)14(8-11)24-2/h3-5,7-8H,6H2,1-2H3. The quantitative estimate of drug-likeness (QED) is 0.811. The molecule has 0 atom stereocenters. The summed E-state index contributed by atoms with van der Waals surface area (Å²) in [4.78, 5) is 26.0. The second kappa shape index (κ2) is 5.92. The van der Waals surface area contributed by atoms with Gasteiger partial charge in [0.2, 0.25) is 5.91 Å². The number of amides is 2. The third kappa shape index (κ3) is 2.47. The molecular weight excluding hydrogens is 320 g/mol. The molecule has 7 heteroatoms. The number of fused-ring (bicyclic) bond motifs is 1. The zero-order valence-electron chi connectivity index (χ0n) is 12.9. The van der Waals surface area contributed by atoms with Crippen LogP contribution < -0.4 is 14.4 Å². The average molecular weight is 333 g/mol. The smallest absolute Gasteiger partial charge is 0.269 e. The van der Waals surface area contributed by atoms with Gasteiger partial charge in [-0.05, 0) is 23.8 Å². The van der Waals surface area contributed by atoms with Gasteiger partial charge in [0.15, 0.2) is 11.6 Å². The summed E-state index contributed by atoms with van der Waals surface area (Å²) in [6.07, 6.45) is -0.0897. The Hall–Kier alpha value is -2.96. The van der Waals surface area contributed by atoms with Gasteiger partial charge >= 0.3 is 0 Å². The number of anilines is 1. The number of benzene rings is 2. The molecule has 2 amide bonds. The van der Waals surface area contributed by atoms with Crippen molar-refractivity contribution in [3.63, 3.8) is 0 Å². The van der Waals surface area contributed by atoms with E-state index < -0.39 is 23.4 Å². The fourth-order valence-corrected chi connectivity index (χ4v) is 2.66. The minimum atomic E-state index is -1.14. The van der Waals surface area contributed by atoms with Crippen molar-refractivity contribution in [1.29, 1.82) is 0 Å². The number of rotatable bonds is 3. The summed E-state index contributed by atoms with van der Waals surface area (Å²) in [7, 11) is 2.85. The van der Waals surface area contributed by atoms with E-state index in [0.717, 1.165) is 17.0 Å². The number of halogens is 2. The lowest BCUT2D eigenvalue weighted by atomic mass is 9.96. The first-order valence-corrected chi connectivity index (χ1v) is 7.03. The fourth-order valence-electron chi connectivity index (χ4n) is 2.66. The second-order valence-corrected chi connectivity index (χ2v) is 5.17. The summed E-state index contributed by atoms with van der Waals surface area (Å²) in [5.41, 5.74) is 0.620. The molecule has 0 N–H and O–H groups in total. The van der Waals surface area contributed by atoms with Crippen LogP contribution in [0.1, 0.15) is 15.9 Å². The van der Waals surface area contributed by atoms with Gasteiger partial charge in [0.1, 0.15) is 11.5 Å². The summed E-state index contributed by atoms with van der Waals surface area (Å²) in [6, 6.07) is 5.96.